The summed E-state index contributed by atoms with van der Waals surface area (Å²) < 4.78 is 10.2. The Bertz CT molecular complexity index is 851. The van der Waals surface area contributed by atoms with Gasteiger partial charge in [0.1, 0.15) is 18.9 Å². The SMILES string of the molecule is COC(=O)CNC(=O)C1COc2ccc(NC(=O)c3ccccc3)cc2C1. The summed E-state index contributed by atoms with van der Waals surface area (Å²) >= 11 is 0. The highest BCUT2D eigenvalue weighted by Gasteiger charge is 2.26. The van der Waals surface area contributed by atoms with Gasteiger partial charge in [-0.3, -0.25) is 14.4 Å². The lowest BCUT2D eigenvalue weighted by molar-refractivity contribution is -0.141. The summed E-state index contributed by atoms with van der Waals surface area (Å²) in [6.45, 7) is 0.0571. The zero-order valence-corrected chi connectivity index (χ0v) is 14.9. The van der Waals surface area contributed by atoms with Gasteiger partial charge in [0.25, 0.3) is 5.91 Å². The third-order valence-corrected chi connectivity index (χ3v) is 4.27. The summed E-state index contributed by atoms with van der Waals surface area (Å²) in [6.07, 6.45) is 0.456. The molecule has 0 bridgehead atoms. The van der Waals surface area contributed by atoms with E-state index < -0.39 is 11.9 Å². The Hall–Kier alpha value is -3.35. The summed E-state index contributed by atoms with van der Waals surface area (Å²) in [5.41, 5.74) is 2.01. The van der Waals surface area contributed by atoms with Crippen LogP contribution in [-0.4, -0.2) is 38.0 Å². The Morgan fingerprint density at radius 1 is 1.15 bits per heavy atom. The molecule has 1 aliphatic rings. The van der Waals surface area contributed by atoms with Gasteiger partial charge in [-0.15, -0.1) is 0 Å². The molecule has 0 saturated carbocycles. The molecule has 0 aliphatic carbocycles. The van der Waals surface area contributed by atoms with Gasteiger partial charge >= 0.3 is 5.97 Å². The maximum atomic E-state index is 12.3. The van der Waals surface area contributed by atoms with Crippen molar-refractivity contribution in [1.29, 1.82) is 0 Å². The van der Waals surface area contributed by atoms with Crippen LogP contribution < -0.4 is 15.4 Å². The first kappa shape index (κ1) is 18.4. The van der Waals surface area contributed by atoms with E-state index in [-0.39, 0.29) is 25.0 Å². The lowest BCUT2D eigenvalue weighted by Crippen LogP contribution is -2.39. The summed E-state index contributed by atoms with van der Waals surface area (Å²) in [6, 6.07) is 14.3. The van der Waals surface area contributed by atoms with Gasteiger partial charge in [0.2, 0.25) is 5.91 Å². The summed E-state index contributed by atoms with van der Waals surface area (Å²) in [7, 11) is 1.26. The molecule has 7 nitrogen and oxygen atoms in total. The quantitative estimate of drug-likeness (QED) is 0.785. The first-order chi connectivity index (χ1) is 13.1. The van der Waals surface area contributed by atoms with E-state index in [2.05, 4.69) is 15.4 Å². The summed E-state index contributed by atoms with van der Waals surface area (Å²) in [5, 5.41) is 5.38. The Balaban J connectivity index is 1.65. The standard InChI is InChI=1S/C20H20N2O5/c1-26-18(23)11-21-19(24)15-9-14-10-16(7-8-17(14)27-12-15)22-20(25)13-5-3-2-4-6-13/h2-8,10,15H,9,11-12H2,1H3,(H,21,24)(H,22,25). The van der Waals surface area contributed by atoms with Crippen LogP contribution in [0.1, 0.15) is 15.9 Å². The molecule has 0 spiro atoms. The molecular weight excluding hydrogens is 348 g/mol. The minimum Gasteiger partial charge on any atom is -0.492 e. The second-order valence-electron chi connectivity index (χ2n) is 6.15. The molecule has 0 aromatic heterocycles. The molecule has 1 atom stereocenters. The minimum atomic E-state index is -0.508. The zero-order chi connectivity index (χ0) is 19.2. The summed E-state index contributed by atoms with van der Waals surface area (Å²) in [4.78, 5) is 35.6. The highest BCUT2D eigenvalue weighted by atomic mass is 16.5. The molecule has 1 unspecified atom stereocenters. The molecule has 2 N–H and O–H groups in total. The molecule has 1 aliphatic heterocycles. The van der Waals surface area contributed by atoms with Gasteiger partial charge in [0.05, 0.1) is 13.0 Å². The number of esters is 1. The maximum absolute atomic E-state index is 12.3. The fourth-order valence-electron chi connectivity index (χ4n) is 2.81. The normalized spacial score (nSPS) is 15.1. The van der Waals surface area contributed by atoms with E-state index in [9.17, 15) is 14.4 Å². The van der Waals surface area contributed by atoms with Crippen LogP contribution in [0.2, 0.25) is 0 Å². The average molecular weight is 368 g/mol. The second-order valence-corrected chi connectivity index (χ2v) is 6.15. The second kappa shape index (κ2) is 8.35. The smallest absolute Gasteiger partial charge is 0.325 e. The predicted octanol–water partition coefficient (Wildman–Crippen LogP) is 1.78. The predicted molar refractivity (Wildman–Crippen MR) is 98.6 cm³/mol. The molecule has 2 aromatic carbocycles. The van der Waals surface area contributed by atoms with E-state index in [1.807, 2.05) is 6.07 Å². The van der Waals surface area contributed by atoms with Gasteiger partial charge < -0.3 is 20.1 Å². The maximum Gasteiger partial charge on any atom is 0.325 e. The van der Waals surface area contributed by atoms with E-state index in [1.54, 1.807) is 42.5 Å². The fraction of sp³-hybridized carbons (Fsp3) is 0.250. The Kier molecular flexibility index (Phi) is 5.71. The molecular formula is C20H20N2O5. The van der Waals surface area contributed by atoms with Crippen molar-refractivity contribution in [3.05, 3.63) is 59.7 Å². The minimum absolute atomic E-state index is 0.175. The molecule has 0 radical (unpaired) electrons. The third kappa shape index (κ3) is 4.63. The highest BCUT2D eigenvalue weighted by Crippen LogP contribution is 2.30. The Morgan fingerprint density at radius 2 is 1.93 bits per heavy atom. The van der Waals surface area contributed by atoms with Gasteiger partial charge in [-0.1, -0.05) is 18.2 Å². The van der Waals surface area contributed by atoms with E-state index in [0.29, 0.717) is 23.4 Å². The third-order valence-electron chi connectivity index (χ3n) is 4.27. The Labute approximate surface area is 156 Å². The van der Waals surface area contributed by atoms with Gasteiger partial charge in [-0.2, -0.15) is 0 Å². The van der Waals surface area contributed by atoms with Crippen LogP contribution in [0.3, 0.4) is 0 Å². The van der Waals surface area contributed by atoms with Crippen LogP contribution in [0.15, 0.2) is 48.5 Å². The van der Waals surface area contributed by atoms with E-state index in [0.717, 1.165) is 5.56 Å². The van der Waals surface area contributed by atoms with Gasteiger partial charge in [0.15, 0.2) is 0 Å². The van der Waals surface area contributed by atoms with Gasteiger partial charge in [-0.25, -0.2) is 0 Å². The molecule has 2 amide bonds. The van der Waals surface area contributed by atoms with Crippen molar-refractivity contribution in [2.75, 3.05) is 25.6 Å². The van der Waals surface area contributed by atoms with Crippen molar-refractivity contribution in [2.45, 2.75) is 6.42 Å². The molecule has 0 fully saturated rings. The molecule has 7 heteroatoms. The molecule has 2 aromatic rings. The number of hydrogen-bond donors (Lipinski definition) is 2. The number of carbonyl (C=O) groups excluding carboxylic acids is 3. The number of nitrogens with one attached hydrogen (secondary N) is 2. The topological polar surface area (TPSA) is 93.7 Å². The lowest BCUT2D eigenvalue weighted by Gasteiger charge is -2.25. The van der Waals surface area contributed by atoms with E-state index in [4.69, 9.17) is 4.74 Å². The van der Waals surface area contributed by atoms with Crippen molar-refractivity contribution < 1.29 is 23.9 Å². The van der Waals surface area contributed by atoms with Crippen LogP contribution in [0.25, 0.3) is 0 Å². The van der Waals surface area contributed by atoms with Gasteiger partial charge in [-0.05, 0) is 42.3 Å². The first-order valence-corrected chi connectivity index (χ1v) is 8.53. The summed E-state index contributed by atoms with van der Waals surface area (Å²) in [5.74, 6) is -0.720. The molecule has 27 heavy (non-hydrogen) atoms. The number of carbonyl (C=O) groups is 3. The average Bonchev–Trinajstić information content (AvgIpc) is 2.71. The van der Waals surface area contributed by atoms with E-state index >= 15 is 0 Å². The van der Waals surface area contributed by atoms with Crippen LogP contribution in [0.4, 0.5) is 5.69 Å². The molecule has 140 valence electrons. The number of hydrogen-bond acceptors (Lipinski definition) is 5. The number of methoxy groups -OCH3 is 1. The Morgan fingerprint density at radius 3 is 2.67 bits per heavy atom. The molecule has 1 heterocycles. The van der Waals surface area contributed by atoms with Crippen LogP contribution >= 0.6 is 0 Å². The van der Waals surface area contributed by atoms with Crippen molar-refractivity contribution >= 4 is 23.5 Å². The number of rotatable bonds is 5. The van der Waals surface area contributed by atoms with Crippen LogP contribution in [-0.2, 0) is 20.7 Å². The van der Waals surface area contributed by atoms with Crippen molar-refractivity contribution in [3.63, 3.8) is 0 Å². The van der Waals surface area contributed by atoms with Crippen molar-refractivity contribution in [1.82, 2.24) is 5.32 Å². The monoisotopic (exact) mass is 368 g/mol. The van der Waals surface area contributed by atoms with Gasteiger partial charge in [0, 0.05) is 11.3 Å². The van der Waals surface area contributed by atoms with Crippen molar-refractivity contribution in [3.8, 4) is 5.75 Å². The van der Waals surface area contributed by atoms with Crippen LogP contribution in [0, 0.1) is 5.92 Å². The number of amides is 2. The largest absolute Gasteiger partial charge is 0.492 e. The fourth-order valence-corrected chi connectivity index (χ4v) is 2.81. The van der Waals surface area contributed by atoms with Crippen molar-refractivity contribution in [2.24, 2.45) is 5.92 Å². The first-order valence-electron chi connectivity index (χ1n) is 8.53. The lowest BCUT2D eigenvalue weighted by atomic mass is 9.95. The van der Waals surface area contributed by atoms with E-state index in [1.165, 1.54) is 7.11 Å². The number of benzene rings is 2. The number of fused-ring (bicyclic) bond motifs is 1. The highest BCUT2D eigenvalue weighted by molar-refractivity contribution is 6.04. The number of anilines is 1. The molecule has 0 saturated heterocycles. The molecule has 3 rings (SSSR count). The van der Waals surface area contributed by atoms with Crippen LogP contribution in [0.5, 0.6) is 5.75 Å². The zero-order valence-electron chi connectivity index (χ0n) is 14.9. The number of ether oxygens (including phenoxy) is 2.